The van der Waals surface area contributed by atoms with E-state index < -0.39 is 23.7 Å². The minimum Gasteiger partial charge on any atom is -0.444 e. The third-order valence-corrected chi connectivity index (χ3v) is 2.84. The van der Waals surface area contributed by atoms with Crippen molar-refractivity contribution in [3.05, 3.63) is 27.8 Å². The number of alkyl carbamates (subject to hydrolysis) is 1. The molecule has 0 aromatic heterocycles. The van der Waals surface area contributed by atoms with Gasteiger partial charge < -0.3 is 14.8 Å². The van der Waals surface area contributed by atoms with E-state index in [9.17, 15) is 9.59 Å². The number of benzene rings is 1. The average molecular weight is 391 g/mol. The lowest BCUT2D eigenvalue weighted by atomic mass is 10.2. The first kappa shape index (κ1) is 16.7. The van der Waals surface area contributed by atoms with Gasteiger partial charge in [-0.25, -0.2) is 9.59 Å². The summed E-state index contributed by atoms with van der Waals surface area (Å²) in [5, 5.41) is 2.43. The highest BCUT2D eigenvalue weighted by atomic mass is 127. The standard InChI is InChI=1S/C14H18INO4/c1-9(16-13(18)20-14(2,3)4)12(17)19-11-7-5-10(15)6-8-11/h5-9H,1-4H3,(H,16,18)/t9-/m0/s1. The maximum absolute atomic E-state index is 11.8. The van der Waals surface area contributed by atoms with E-state index in [0.717, 1.165) is 3.57 Å². The molecule has 6 heteroatoms. The van der Waals surface area contributed by atoms with Gasteiger partial charge in [-0.1, -0.05) is 0 Å². The Kier molecular flexibility index (Phi) is 5.79. The number of amides is 1. The van der Waals surface area contributed by atoms with Crippen LogP contribution in [0.25, 0.3) is 0 Å². The van der Waals surface area contributed by atoms with Gasteiger partial charge in [-0.15, -0.1) is 0 Å². The second-order valence-corrected chi connectivity index (χ2v) is 6.49. The molecular weight excluding hydrogens is 373 g/mol. The number of esters is 1. The number of nitrogens with one attached hydrogen (secondary N) is 1. The van der Waals surface area contributed by atoms with Crippen molar-refractivity contribution in [2.45, 2.75) is 39.3 Å². The predicted molar refractivity (Wildman–Crippen MR) is 83.6 cm³/mol. The van der Waals surface area contributed by atoms with E-state index in [0.29, 0.717) is 5.75 Å². The van der Waals surface area contributed by atoms with Crippen LogP contribution in [0.5, 0.6) is 5.75 Å². The maximum atomic E-state index is 11.8. The first-order valence-electron chi connectivity index (χ1n) is 6.14. The van der Waals surface area contributed by atoms with Crippen molar-refractivity contribution in [1.82, 2.24) is 5.32 Å². The fraction of sp³-hybridized carbons (Fsp3) is 0.429. The van der Waals surface area contributed by atoms with Crippen molar-refractivity contribution < 1.29 is 19.1 Å². The number of halogens is 1. The fourth-order valence-corrected chi connectivity index (χ4v) is 1.61. The number of ether oxygens (including phenoxy) is 2. The van der Waals surface area contributed by atoms with Gasteiger partial charge in [-0.3, -0.25) is 0 Å². The van der Waals surface area contributed by atoms with Gasteiger partial charge in [0.15, 0.2) is 0 Å². The van der Waals surface area contributed by atoms with Crippen LogP contribution in [0.1, 0.15) is 27.7 Å². The second-order valence-electron chi connectivity index (χ2n) is 5.24. The van der Waals surface area contributed by atoms with Crippen LogP contribution in [0, 0.1) is 3.57 Å². The Bertz CT molecular complexity index is 479. The van der Waals surface area contributed by atoms with E-state index in [1.807, 2.05) is 12.1 Å². The van der Waals surface area contributed by atoms with Crippen molar-refractivity contribution >= 4 is 34.7 Å². The summed E-state index contributed by atoms with van der Waals surface area (Å²) in [6.07, 6.45) is -0.649. The molecule has 0 unspecified atom stereocenters. The molecule has 0 spiro atoms. The minimum atomic E-state index is -0.788. The third kappa shape index (κ3) is 6.23. The van der Waals surface area contributed by atoms with E-state index >= 15 is 0 Å². The monoisotopic (exact) mass is 391 g/mol. The van der Waals surface area contributed by atoms with Gasteiger partial charge in [0.25, 0.3) is 0 Å². The number of rotatable bonds is 3. The molecule has 0 saturated carbocycles. The Morgan fingerprint density at radius 1 is 1.20 bits per heavy atom. The second kappa shape index (κ2) is 6.92. The molecule has 1 aromatic rings. The summed E-state index contributed by atoms with van der Waals surface area (Å²) < 4.78 is 11.3. The molecule has 1 aromatic carbocycles. The van der Waals surface area contributed by atoms with E-state index in [4.69, 9.17) is 9.47 Å². The molecular formula is C14H18INO4. The smallest absolute Gasteiger partial charge is 0.408 e. The first-order valence-corrected chi connectivity index (χ1v) is 7.22. The van der Waals surface area contributed by atoms with Crippen molar-refractivity contribution in [2.75, 3.05) is 0 Å². The molecule has 1 rings (SSSR count). The zero-order valence-electron chi connectivity index (χ0n) is 11.9. The van der Waals surface area contributed by atoms with Gasteiger partial charge in [-0.05, 0) is 74.6 Å². The first-order chi connectivity index (χ1) is 9.17. The molecule has 0 aliphatic carbocycles. The van der Waals surface area contributed by atoms with Gasteiger partial charge in [0, 0.05) is 3.57 Å². The largest absolute Gasteiger partial charge is 0.444 e. The summed E-state index contributed by atoms with van der Waals surface area (Å²) in [6.45, 7) is 6.79. The zero-order valence-corrected chi connectivity index (χ0v) is 14.1. The van der Waals surface area contributed by atoms with E-state index in [1.54, 1.807) is 39.8 Å². The number of carbonyl (C=O) groups is 2. The van der Waals surface area contributed by atoms with Gasteiger partial charge in [0.1, 0.15) is 17.4 Å². The Hall–Kier alpha value is -1.31. The summed E-state index contributed by atoms with van der Waals surface area (Å²) in [7, 11) is 0. The van der Waals surface area contributed by atoms with Crippen molar-refractivity contribution in [2.24, 2.45) is 0 Å². The van der Waals surface area contributed by atoms with Crippen molar-refractivity contribution in [3.8, 4) is 5.75 Å². The summed E-state index contributed by atoms with van der Waals surface area (Å²) in [5.41, 5.74) is -0.607. The molecule has 110 valence electrons. The van der Waals surface area contributed by atoms with Crippen LogP contribution in [-0.4, -0.2) is 23.7 Å². The maximum Gasteiger partial charge on any atom is 0.408 e. The minimum absolute atomic E-state index is 0.438. The number of carbonyl (C=O) groups excluding carboxylic acids is 2. The van der Waals surface area contributed by atoms with E-state index in [1.165, 1.54) is 0 Å². The van der Waals surface area contributed by atoms with E-state index in [-0.39, 0.29) is 0 Å². The van der Waals surface area contributed by atoms with Crippen LogP contribution < -0.4 is 10.1 Å². The molecule has 1 amide bonds. The fourth-order valence-electron chi connectivity index (χ4n) is 1.25. The lowest BCUT2D eigenvalue weighted by molar-refractivity contribution is -0.136. The summed E-state index contributed by atoms with van der Waals surface area (Å²) in [4.78, 5) is 23.3. The van der Waals surface area contributed by atoms with Crippen molar-refractivity contribution in [1.29, 1.82) is 0 Å². The van der Waals surface area contributed by atoms with Crippen LogP contribution in [-0.2, 0) is 9.53 Å². The van der Waals surface area contributed by atoms with Gasteiger partial charge in [-0.2, -0.15) is 0 Å². The van der Waals surface area contributed by atoms with Gasteiger partial charge in [0.05, 0.1) is 0 Å². The van der Waals surface area contributed by atoms with Crippen LogP contribution in [0.15, 0.2) is 24.3 Å². The molecule has 1 N–H and O–H groups in total. The predicted octanol–water partition coefficient (Wildman–Crippen LogP) is 3.11. The Balaban J connectivity index is 2.51. The Morgan fingerprint density at radius 3 is 2.25 bits per heavy atom. The van der Waals surface area contributed by atoms with Crippen LogP contribution >= 0.6 is 22.6 Å². The number of hydrogen-bond acceptors (Lipinski definition) is 4. The summed E-state index contributed by atoms with van der Waals surface area (Å²) >= 11 is 2.16. The molecule has 0 fully saturated rings. The molecule has 0 aliphatic rings. The van der Waals surface area contributed by atoms with Crippen LogP contribution in [0.2, 0.25) is 0 Å². The van der Waals surface area contributed by atoms with Crippen molar-refractivity contribution in [3.63, 3.8) is 0 Å². The summed E-state index contributed by atoms with van der Waals surface area (Å²) in [5.74, 6) is -0.106. The molecule has 0 saturated heterocycles. The zero-order chi connectivity index (χ0) is 15.3. The molecule has 1 atom stereocenters. The molecule has 0 radical (unpaired) electrons. The molecule has 0 aliphatic heterocycles. The Morgan fingerprint density at radius 2 is 1.75 bits per heavy atom. The quantitative estimate of drug-likeness (QED) is 0.489. The van der Waals surface area contributed by atoms with E-state index in [2.05, 4.69) is 27.9 Å². The molecule has 0 bridgehead atoms. The highest BCUT2D eigenvalue weighted by Gasteiger charge is 2.22. The van der Waals surface area contributed by atoms with Crippen LogP contribution in [0.3, 0.4) is 0 Å². The highest BCUT2D eigenvalue weighted by Crippen LogP contribution is 2.14. The normalized spacial score (nSPS) is 12.4. The third-order valence-electron chi connectivity index (χ3n) is 2.12. The highest BCUT2D eigenvalue weighted by molar-refractivity contribution is 14.1. The van der Waals surface area contributed by atoms with Gasteiger partial charge in [0.2, 0.25) is 0 Å². The van der Waals surface area contributed by atoms with Crippen LogP contribution in [0.4, 0.5) is 4.79 Å². The SMILES string of the molecule is C[C@H](NC(=O)OC(C)(C)C)C(=O)Oc1ccc(I)cc1. The molecule has 0 heterocycles. The van der Waals surface area contributed by atoms with Gasteiger partial charge >= 0.3 is 12.1 Å². The molecule has 5 nitrogen and oxygen atoms in total. The number of hydrogen-bond donors (Lipinski definition) is 1. The lowest BCUT2D eigenvalue weighted by Crippen LogP contribution is -2.43. The topological polar surface area (TPSA) is 64.6 Å². The lowest BCUT2D eigenvalue weighted by Gasteiger charge is -2.21. The average Bonchev–Trinajstić information content (AvgIpc) is 2.29. The Labute approximate surface area is 132 Å². The molecule has 20 heavy (non-hydrogen) atoms. The summed E-state index contributed by atoms with van der Waals surface area (Å²) in [6, 6.07) is 6.26.